The van der Waals surface area contributed by atoms with E-state index in [1.54, 1.807) is 13.8 Å². The molecule has 0 unspecified atom stereocenters. The van der Waals surface area contributed by atoms with Crippen LogP contribution in [0.25, 0.3) is 0 Å². The van der Waals surface area contributed by atoms with E-state index in [0.29, 0.717) is 0 Å². The molecule has 1 amide bonds. The highest BCUT2D eigenvalue weighted by Crippen LogP contribution is 2.27. The molecule has 0 aliphatic carbocycles. The maximum atomic E-state index is 12.4. The lowest BCUT2D eigenvalue weighted by atomic mass is 10.1. The van der Waals surface area contributed by atoms with Gasteiger partial charge in [0.15, 0.2) is 5.69 Å². The van der Waals surface area contributed by atoms with Crippen molar-refractivity contribution in [2.75, 3.05) is 12.9 Å². The Labute approximate surface area is 154 Å². The summed E-state index contributed by atoms with van der Waals surface area (Å²) in [5.41, 5.74) is -2.05. The van der Waals surface area contributed by atoms with Gasteiger partial charge in [-0.3, -0.25) is 14.2 Å². The first-order valence-electron chi connectivity index (χ1n) is 8.06. The molecule has 0 aromatic carbocycles. The van der Waals surface area contributed by atoms with Crippen LogP contribution in [0.4, 0.5) is 0 Å². The molecule has 2 N–H and O–H groups in total. The number of fused-ring (bicyclic) bond motifs is 1. The predicted octanol–water partition coefficient (Wildman–Crippen LogP) is 0.141. The van der Waals surface area contributed by atoms with Gasteiger partial charge in [0, 0.05) is 6.26 Å². The Morgan fingerprint density at radius 2 is 2.11 bits per heavy atom. The molecule has 146 valence electrons. The fraction of sp³-hybridized carbons (Fsp3) is 0.438. The van der Waals surface area contributed by atoms with Gasteiger partial charge in [0.1, 0.15) is 17.2 Å². The number of carbonyl (C=O) groups is 1. The second-order valence-corrected chi connectivity index (χ2v) is 8.57. The summed E-state index contributed by atoms with van der Waals surface area (Å²) < 4.78 is 34.8. The molecule has 0 bridgehead atoms. The topological polar surface area (TPSA) is 141 Å². The zero-order valence-corrected chi connectivity index (χ0v) is 15.8. The molecule has 2 aromatic heterocycles. The molecule has 27 heavy (non-hydrogen) atoms. The number of hydrogen-bond acceptors (Lipinski definition) is 8. The number of aromatic nitrogens is 2. The first-order valence-corrected chi connectivity index (χ1v) is 9.95. The van der Waals surface area contributed by atoms with E-state index in [0.717, 1.165) is 6.26 Å². The largest absolute Gasteiger partial charge is 0.501 e. The van der Waals surface area contributed by atoms with Crippen molar-refractivity contribution in [2.24, 2.45) is 0 Å². The van der Waals surface area contributed by atoms with Crippen LogP contribution < -0.4 is 10.9 Å². The number of sulfone groups is 1. The van der Waals surface area contributed by atoms with Gasteiger partial charge in [0.25, 0.3) is 11.5 Å². The van der Waals surface area contributed by atoms with Crippen molar-refractivity contribution in [1.29, 1.82) is 0 Å². The number of ether oxygens (including phenoxy) is 1. The number of amides is 1. The molecule has 0 atom stereocenters. The smallest absolute Gasteiger partial charge is 0.296 e. The summed E-state index contributed by atoms with van der Waals surface area (Å²) in [5, 5.41) is 12.3. The second-order valence-electron chi connectivity index (χ2n) is 6.62. The third-order valence-corrected chi connectivity index (χ3v) is 5.05. The van der Waals surface area contributed by atoms with E-state index in [1.165, 1.54) is 16.7 Å². The van der Waals surface area contributed by atoms with E-state index in [4.69, 9.17) is 9.15 Å². The molecule has 1 aliphatic heterocycles. The summed E-state index contributed by atoms with van der Waals surface area (Å²) >= 11 is 0. The van der Waals surface area contributed by atoms with Crippen LogP contribution in [0.15, 0.2) is 26.4 Å². The molecule has 0 spiro atoms. The fourth-order valence-electron chi connectivity index (χ4n) is 2.73. The highest BCUT2D eigenvalue weighted by atomic mass is 32.2. The molecular formula is C16H19N3O7S. The molecule has 3 heterocycles. The number of hydrogen-bond donors (Lipinski definition) is 2. The van der Waals surface area contributed by atoms with Crippen LogP contribution in [0.3, 0.4) is 0 Å². The quantitative estimate of drug-likeness (QED) is 0.742. The van der Waals surface area contributed by atoms with Crippen LogP contribution in [0.2, 0.25) is 0 Å². The van der Waals surface area contributed by atoms with E-state index in [1.807, 2.05) is 0 Å². The second kappa shape index (κ2) is 6.50. The van der Waals surface area contributed by atoms with Gasteiger partial charge in [-0.15, -0.1) is 0 Å². The van der Waals surface area contributed by atoms with Crippen LogP contribution in [0.1, 0.15) is 35.9 Å². The van der Waals surface area contributed by atoms with Crippen LogP contribution in [0, 0.1) is 0 Å². The van der Waals surface area contributed by atoms with E-state index >= 15 is 0 Å². The Bertz CT molecular complexity index is 1070. The number of carbonyl (C=O) groups excluding carboxylic acids is 1. The summed E-state index contributed by atoms with van der Waals surface area (Å²) in [6.07, 6.45) is 1.00. The van der Waals surface area contributed by atoms with E-state index in [2.05, 4.69) is 10.3 Å². The highest BCUT2D eigenvalue weighted by Gasteiger charge is 2.34. The number of rotatable bonds is 4. The van der Waals surface area contributed by atoms with Crippen molar-refractivity contribution in [2.45, 2.75) is 37.6 Å². The van der Waals surface area contributed by atoms with Crippen molar-refractivity contribution in [3.8, 4) is 5.75 Å². The molecule has 3 rings (SSSR count). The van der Waals surface area contributed by atoms with Crippen LogP contribution in [0.5, 0.6) is 5.75 Å². The molecule has 0 saturated heterocycles. The van der Waals surface area contributed by atoms with Crippen LogP contribution in [-0.2, 0) is 33.3 Å². The third-order valence-electron chi connectivity index (χ3n) is 4.10. The minimum Gasteiger partial charge on any atom is -0.501 e. The molecule has 10 nitrogen and oxygen atoms in total. The SMILES string of the molecule is CC1(C)OCCn2c1nc(C(=O)NCc1ccc(S(C)(=O)=O)o1)c(O)c2=O. The van der Waals surface area contributed by atoms with Crippen molar-refractivity contribution < 1.29 is 27.5 Å². The average Bonchev–Trinajstić information content (AvgIpc) is 3.05. The third kappa shape index (κ3) is 3.60. The molecule has 1 aliphatic rings. The van der Waals surface area contributed by atoms with Crippen molar-refractivity contribution in [3.05, 3.63) is 39.8 Å². The van der Waals surface area contributed by atoms with E-state index < -0.39 is 38.3 Å². The maximum Gasteiger partial charge on any atom is 0.296 e. The average molecular weight is 397 g/mol. The summed E-state index contributed by atoms with van der Waals surface area (Å²) in [7, 11) is -3.50. The molecular weight excluding hydrogens is 378 g/mol. The van der Waals surface area contributed by atoms with Gasteiger partial charge in [0.05, 0.1) is 19.7 Å². The Balaban J connectivity index is 1.86. The van der Waals surface area contributed by atoms with Gasteiger partial charge >= 0.3 is 0 Å². The van der Waals surface area contributed by atoms with Gasteiger partial charge in [-0.1, -0.05) is 0 Å². The number of nitrogens with one attached hydrogen (secondary N) is 1. The van der Waals surface area contributed by atoms with Crippen molar-refractivity contribution >= 4 is 15.7 Å². The Hall–Kier alpha value is -2.66. The molecule has 2 aromatic rings. The van der Waals surface area contributed by atoms with Gasteiger partial charge in [-0.2, -0.15) is 0 Å². The summed E-state index contributed by atoms with van der Waals surface area (Å²) in [6, 6.07) is 2.68. The highest BCUT2D eigenvalue weighted by molar-refractivity contribution is 7.90. The lowest BCUT2D eigenvalue weighted by Crippen LogP contribution is -2.42. The standard InChI is InChI=1S/C16H19N3O7S/c1-16(2)15-18-11(12(20)14(22)19(15)6-7-25-16)13(21)17-8-9-4-5-10(26-9)27(3,23)24/h4-5,20H,6-8H2,1-3H3,(H,17,21). The van der Waals surface area contributed by atoms with Gasteiger partial charge in [-0.05, 0) is 26.0 Å². The molecule has 0 fully saturated rings. The number of nitrogens with zero attached hydrogens (tertiary/aromatic N) is 2. The molecule has 11 heteroatoms. The van der Waals surface area contributed by atoms with E-state index in [9.17, 15) is 23.1 Å². The summed E-state index contributed by atoms with van der Waals surface area (Å²) in [5.74, 6) is -1.13. The predicted molar refractivity (Wildman–Crippen MR) is 92.1 cm³/mol. The minimum absolute atomic E-state index is 0.145. The van der Waals surface area contributed by atoms with Gasteiger partial charge in [0.2, 0.25) is 20.7 Å². The van der Waals surface area contributed by atoms with Crippen LogP contribution >= 0.6 is 0 Å². The summed E-state index contributed by atoms with van der Waals surface area (Å²) in [6.45, 7) is 3.78. The Kier molecular flexibility index (Phi) is 4.60. The zero-order chi connectivity index (χ0) is 20.0. The summed E-state index contributed by atoms with van der Waals surface area (Å²) in [4.78, 5) is 28.9. The van der Waals surface area contributed by atoms with Crippen LogP contribution in [-0.4, -0.2) is 41.8 Å². The molecule has 0 radical (unpaired) electrons. The Morgan fingerprint density at radius 1 is 1.41 bits per heavy atom. The minimum atomic E-state index is -3.50. The Morgan fingerprint density at radius 3 is 2.74 bits per heavy atom. The van der Waals surface area contributed by atoms with Gasteiger partial charge in [-0.25, -0.2) is 13.4 Å². The first kappa shape index (κ1) is 19.1. The van der Waals surface area contributed by atoms with Crippen molar-refractivity contribution in [1.82, 2.24) is 14.9 Å². The van der Waals surface area contributed by atoms with Gasteiger partial charge < -0.3 is 19.6 Å². The first-order chi connectivity index (χ1) is 12.5. The maximum absolute atomic E-state index is 12.4. The fourth-order valence-corrected chi connectivity index (χ4v) is 3.30. The normalized spacial score (nSPS) is 16.0. The number of aromatic hydroxyl groups is 1. The lowest BCUT2D eigenvalue weighted by Gasteiger charge is -2.32. The zero-order valence-electron chi connectivity index (χ0n) is 15.0. The number of furan rings is 1. The molecule has 0 saturated carbocycles. The van der Waals surface area contributed by atoms with E-state index in [-0.39, 0.29) is 36.4 Å². The lowest BCUT2D eigenvalue weighted by molar-refractivity contribution is -0.0566. The van der Waals surface area contributed by atoms with Crippen molar-refractivity contribution in [3.63, 3.8) is 0 Å². The monoisotopic (exact) mass is 397 g/mol.